The van der Waals surface area contributed by atoms with Crippen LogP contribution < -0.4 is 0 Å². The molecule has 0 fully saturated rings. The van der Waals surface area contributed by atoms with Crippen molar-refractivity contribution in [3.63, 3.8) is 0 Å². The summed E-state index contributed by atoms with van der Waals surface area (Å²) < 4.78 is 0. The van der Waals surface area contributed by atoms with Gasteiger partial charge in [-0.1, -0.05) is 0 Å². The molecule has 8 amide bonds. The first-order chi connectivity index (χ1) is 38.6. The molecule has 0 radical (unpaired) electrons. The van der Waals surface area contributed by atoms with Crippen molar-refractivity contribution < 1.29 is 132 Å². The highest BCUT2D eigenvalue weighted by Crippen LogP contribution is 2.10. The number of aliphatic carboxylic acids is 9. The zero-order chi connectivity index (χ0) is 63.7. The van der Waals surface area contributed by atoms with Gasteiger partial charge in [-0.15, -0.1) is 0 Å². The Hall–Kier alpha value is -9.38. The Kier molecular flexibility index (Phi) is 34.0. The lowest BCUT2D eigenvalue weighted by molar-refractivity contribution is -0.151. The Morgan fingerprint density at radius 3 is 0.494 bits per heavy atom. The first kappa shape index (κ1) is 73.6. The van der Waals surface area contributed by atoms with E-state index in [0.717, 1.165) is 16.7 Å². The van der Waals surface area contributed by atoms with E-state index in [9.17, 15) is 122 Å². The molecule has 464 valence electrons. The highest BCUT2D eigenvalue weighted by molar-refractivity contribution is 5.94. The first-order valence-electron chi connectivity index (χ1n) is 25.0. The lowest BCUT2D eigenvalue weighted by Gasteiger charge is -2.32. The van der Waals surface area contributed by atoms with Crippen molar-refractivity contribution >= 4 is 107 Å². The van der Waals surface area contributed by atoms with E-state index in [1.54, 1.807) is 0 Å². The fourth-order valence-electron chi connectivity index (χ4n) is 6.99. The molecule has 0 aromatic heterocycles. The molecule has 0 unspecified atom stereocenters. The SMILES string of the molecule is CC(=O)CN(CCC(=O)O)C(=O)CN(CCC(=O)O)C(=O)CN(CCC(=O)O)C(=O)CN(CCC(=O)O)C(=O)CN(CCC(=O)O)C(=O)CN(CCC(=O)O)C(=O)CN(CCC(=O)O)C(=O)CN(CCC(=O)O)C(=O)CN(C)CCC(=O)O. The fourth-order valence-corrected chi connectivity index (χ4v) is 6.99. The molecule has 0 saturated carbocycles. The quantitative estimate of drug-likeness (QED) is 0.0274. The van der Waals surface area contributed by atoms with Gasteiger partial charge in [-0.2, -0.15) is 0 Å². The molecule has 9 N–H and O–H groups in total. The third kappa shape index (κ3) is 33.7. The van der Waals surface area contributed by atoms with Gasteiger partial charge in [0.2, 0.25) is 47.3 Å². The van der Waals surface area contributed by atoms with Crippen LogP contribution in [-0.2, 0) is 86.3 Å². The number of nitrogens with zero attached hydrogens (tertiary/aromatic N) is 9. The molecular formula is C47H69N9O27. The number of amides is 8. The highest BCUT2D eigenvalue weighted by Gasteiger charge is 2.32. The largest absolute Gasteiger partial charge is 0.481 e. The van der Waals surface area contributed by atoms with Crippen molar-refractivity contribution in [2.75, 3.05) is 125 Å². The van der Waals surface area contributed by atoms with E-state index in [0.29, 0.717) is 29.4 Å². The normalized spacial score (nSPS) is 10.6. The maximum atomic E-state index is 14.1. The molecule has 0 spiro atoms. The topological polar surface area (TPSA) is 518 Å². The minimum atomic E-state index is -1.58. The van der Waals surface area contributed by atoms with Crippen LogP contribution in [0.2, 0.25) is 0 Å². The third-order valence-electron chi connectivity index (χ3n) is 11.4. The Labute approximate surface area is 471 Å². The van der Waals surface area contributed by atoms with Crippen LogP contribution >= 0.6 is 0 Å². The van der Waals surface area contributed by atoms with E-state index in [1.165, 1.54) is 11.9 Å². The highest BCUT2D eigenvalue weighted by atomic mass is 16.4. The van der Waals surface area contributed by atoms with Gasteiger partial charge in [0.05, 0.1) is 117 Å². The van der Waals surface area contributed by atoms with Crippen LogP contribution in [-0.4, -0.2) is 322 Å². The molecule has 0 aliphatic heterocycles. The van der Waals surface area contributed by atoms with Crippen LogP contribution in [0.5, 0.6) is 0 Å². The van der Waals surface area contributed by atoms with Crippen molar-refractivity contribution in [2.24, 2.45) is 0 Å². The van der Waals surface area contributed by atoms with Crippen LogP contribution in [0.15, 0.2) is 0 Å². The molecule has 0 aliphatic rings. The average molecular weight is 1190 g/mol. The number of hydrogen-bond acceptors (Lipinski definition) is 19. The van der Waals surface area contributed by atoms with E-state index in [2.05, 4.69) is 0 Å². The third-order valence-corrected chi connectivity index (χ3v) is 11.4. The van der Waals surface area contributed by atoms with Crippen molar-refractivity contribution in [1.82, 2.24) is 44.1 Å². The summed E-state index contributed by atoms with van der Waals surface area (Å²) in [6.45, 7) is -14.2. The fraction of sp³-hybridized carbons (Fsp3) is 0.617. The predicted molar refractivity (Wildman–Crippen MR) is 271 cm³/mol. The Balaban J connectivity index is 7.12. The summed E-state index contributed by atoms with van der Waals surface area (Å²) in [4.78, 5) is 232. The maximum Gasteiger partial charge on any atom is 0.305 e. The number of likely N-dealkylation sites (N-methyl/N-ethyl adjacent to an activating group) is 1. The summed E-state index contributed by atoms with van der Waals surface area (Å²) in [5.74, 6) is -23.4. The zero-order valence-corrected chi connectivity index (χ0v) is 45.5. The minimum absolute atomic E-state index is 0.159. The number of Topliss-reactive ketones (excluding diaryl/α,β-unsaturated/α-hetero) is 1. The van der Waals surface area contributed by atoms with Crippen LogP contribution in [0.3, 0.4) is 0 Å². The second-order valence-electron chi connectivity index (χ2n) is 18.3. The molecule has 83 heavy (non-hydrogen) atoms. The van der Waals surface area contributed by atoms with Gasteiger partial charge in [0.1, 0.15) is 5.78 Å². The standard InChI is InChI=1S/C47H69N9O27/c1-30(57)21-49(13-4-40(68)69)32(59)23-51(15-6-42(72)73)34(61)25-53(17-8-44(76)77)36(63)27-55(19-10-46(80)81)38(65)29-56(20-11-47(82)83)37(64)28-54(18-9-45(78)79)35(62)26-52(16-7-43(74)75)33(60)24-50(14-5-41(70)71)31(58)22-48(2)12-3-39(66)67/h3-29H2,1-2H3,(H,66,67)(H,68,69)(H,70,71)(H,72,73)(H,74,75)(H,76,77)(H,78,79)(H,80,81)(H,82,83). The van der Waals surface area contributed by atoms with Crippen molar-refractivity contribution in [3.8, 4) is 0 Å². The average Bonchev–Trinajstić information content (AvgIpc) is 3.37. The van der Waals surface area contributed by atoms with Crippen LogP contribution in [0.25, 0.3) is 0 Å². The molecule has 0 bridgehead atoms. The molecule has 0 heterocycles. The Bertz CT molecular complexity index is 2420. The minimum Gasteiger partial charge on any atom is -0.481 e. The second kappa shape index (κ2) is 38.3. The molecule has 36 heteroatoms. The molecule has 0 aromatic carbocycles. The Morgan fingerprint density at radius 1 is 0.217 bits per heavy atom. The maximum absolute atomic E-state index is 14.1. The van der Waals surface area contributed by atoms with Crippen LogP contribution in [0, 0.1) is 0 Å². The van der Waals surface area contributed by atoms with Crippen molar-refractivity contribution in [1.29, 1.82) is 0 Å². The lowest BCUT2D eigenvalue weighted by atomic mass is 10.2. The van der Waals surface area contributed by atoms with E-state index >= 15 is 0 Å². The lowest BCUT2D eigenvalue weighted by Crippen LogP contribution is -2.53. The van der Waals surface area contributed by atoms with Gasteiger partial charge in [-0.3, -0.25) is 91.2 Å². The molecule has 0 saturated heterocycles. The molecule has 0 aliphatic carbocycles. The van der Waals surface area contributed by atoms with Crippen molar-refractivity contribution in [2.45, 2.75) is 64.7 Å². The van der Waals surface area contributed by atoms with Gasteiger partial charge in [-0.25, -0.2) is 0 Å². The van der Waals surface area contributed by atoms with Crippen LogP contribution in [0.1, 0.15) is 64.7 Å². The van der Waals surface area contributed by atoms with E-state index in [4.69, 9.17) is 10.2 Å². The number of hydrogen-bond donors (Lipinski definition) is 9. The molecule has 36 nitrogen and oxygen atoms in total. The Morgan fingerprint density at radius 2 is 0.349 bits per heavy atom. The number of carbonyl (C=O) groups is 18. The summed E-state index contributed by atoms with van der Waals surface area (Å²) >= 11 is 0. The second-order valence-corrected chi connectivity index (χ2v) is 18.3. The van der Waals surface area contributed by atoms with Gasteiger partial charge >= 0.3 is 53.7 Å². The number of ketones is 1. The van der Waals surface area contributed by atoms with Gasteiger partial charge in [0.25, 0.3) is 0 Å². The smallest absolute Gasteiger partial charge is 0.305 e. The summed E-state index contributed by atoms with van der Waals surface area (Å²) in [6.07, 6.45) is -7.10. The van der Waals surface area contributed by atoms with Gasteiger partial charge in [0, 0.05) is 58.9 Å². The number of carboxylic acids is 9. The van der Waals surface area contributed by atoms with E-state index < -0.39 is 276 Å². The zero-order valence-electron chi connectivity index (χ0n) is 45.5. The summed E-state index contributed by atoms with van der Waals surface area (Å²) in [7, 11) is 1.34. The number of carbonyl (C=O) groups excluding carboxylic acids is 9. The summed E-state index contributed by atoms with van der Waals surface area (Å²) in [5, 5.41) is 84.2. The van der Waals surface area contributed by atoms with Crippen molar-refractivity contribution in [3.05, 3.63) is 0 Å². The number of rotatable bonds is 45. The summed E-state index contributed by atoms with van der Waals surface area (Å²) in [5.41, 5.74) is 0. The first-order valence-corrected chi connectivity index (χ1v) is 25.0. The molecule has 0 aromatic rings. The molecule has 0 atom stereocenters. The van der Waals surface area contributed by atoms with E-state index in [-0.39, 0.29) is 6.54 Å². The number of carboxylic acid groups (broad SMARTS) is 9. The monoisotopic (exact) mass is 1190 g/mol. The predicted octanol–water partition coefficient (Wildman–Crippen LogP) is -5.59. The van der Waals surface area contributed by atoms with Crippen LogP contribution in [0.4, 0.5) is 0 Å². The van der Waals surface area contributed by atoms with Gasteiger partial charge < -0.3 is 85.2 Å². The summed E-state index contributed by atoms with van der Waals surface area (Å²) in [6, 6.07) is 0. The van der Waals surface area contributed by atoms with Gasteiger partial charge in [0.15, 0.2) is 0 Å². The molecular weight excluding hydrogens is 1120 g/mol. The van der Waals surface area contributed by atoms with Gasteiger partial charge in [-0.05, 0) is 14.0 Å². The molecule has 0 rings (SSSR count). The van der Waals surface area contributed by atoms with E-state index in [1.807, 2.05) is 0 Å².